The van der Waals surface area contributed by atoms with E-state index in [1.165, 1.54) is 44.4 Å². The number of hydrogen-bond donors (Lipinski definition) is 1. The molecule has 2 amide bonds. The van der Waals surface area contributed by atoms with Crippen LogP contribution in [0, 0.1) is 0 Å². The Labute approximate surface area is 147 Å². The van der Waals surface area contributed by atoms with Crippen molar-refractivity contribution in [1.82, 2.24) is 4.90 Å². The Morgan fingerprint density at radius 2 is 1.72 bits per heavy atom. The van der Waals surface area contributed by atoms with E-state index >= 15 is 0 Å². The highest BCUT2D eigenvalue weighted by molar-refractivity contribution is 6.30. The van der Waals surface area contributed by atoms with Crippen molar-refractivity contribution < 1.29 is 22.7 Å². The monoisotopic (exact) mass is 373 g/mol. The minimum atomic E-state index is -4.69. The van der Waals surface area contributed by atoms with Crippen molar-refractivity contribution in [3.63, 3.8) is 0 Å². The summed E-state index contributed by atoms with van der Waals surface area (Å²) in [7, 11) is 2.87. The lowest BCUT2D eigenvalue weighted by atomic mass is 10.1. The van der Waals surface area contributed by atoms with E-state index in [9.17, 15) is 18.0 Å². The van der Waals surface area contributed by atoms with Crippen molar-refractivity contribution in [3.05, 3.63) is 53.1 Å². The SMILES string of the molecule is CN(C)C(=O)N(N)c1ccc(Oc2ccc(Cl)cc2)c(C(F)(F)F)c1. The molecule has 0 aromatic heterocycles. The minimum Gasteiger partial charge on any atom is -0.457 e. The Morgan fingerprint density at radius 1 is 1.12 bits per heavy atom. The van der Waals surface area contributed by atoms with E-state index in [1.54, 1.807) is 0 Å². The summed E-state index contributed by atoms with van der Waals surface area (Å²) in [5.41, 5.74) is -1.17. The molecule has 0 radical (unpaired) electrons. The van der Waals surface area contributed by atoms with Gasteiger partial charge in [-0.1, -0.05) is 11.6 Å². The first-order valence-corrected chi connectivity index (χ1v) is 7.38. The highest BCUT2D eigenvalue weighted by Gasteiger charge is 2.35. The van der Waals surface area contributed by atoms with Gasteiger partial charge in [-0.05, 0) is 42.5 Å². The first kappa shape index (κ1) is 18.9. The summed E-state index contributed by atoms with van der Waals surface area (Å²) < 4.78 is 45.4. The molecule has 0 fully saturated rings. The van der Waals surface area contributed by atoms with Gasteiger partial charge in [-0.2, -0.15) is 13.2 Å². The number of amides is 2. The molecule has 0 atom stereocenters. The molecule has 0 saturated heterocycles. The molecule has 2 aromatic carbocycles. The second kappa shape index (κ2) is 7.20. The number of nitrogens with zero attached hydrogens (tertiary/aromatic N) is 2. The average Bonchev–Trinajstić information content (AvgIpc) is 2.55. The number of ether oxygens (including phenoxy) is 1. The molecule has 0 spiro atoms. The van der Waals surface area contributed by atoms with E-state index in [0.29, 0.717) is 10.0 Å². The molecule has 2 N–H and O–H groups in total. The molecule has 0 aliphatic rings. The first-order chi connectivity index (χ1) is 11.6. The van der Waals surface area contributed by atoms with Gasteiger partial charge in [0.05, 0.1) is 5.69 Å². The maximum Gasteiger partial charge on any atom is 0.420 e. The van der Waals surface area contributed by atoms with Gasteiger partial charge in [0.25, 0.3) is 0 Å². The summed E-state index contributed by atoms with van der Waals surface area (Å²) in [6, 6.07) is 8.35. The van der Waals surface area contributed by atoms with Crippen molar-refractivity contribution in [2.24, 2.45) is 5.84 Å². The van der Waals surface area contributed by atoms with Crippen molar-refractivity contribution >= 4 is 23.3 Å². The van der Waals surface area contributed by atoms with Gasteiger partial charge in [0.1, 0.15) is 17.1 Å². The van der Waals surface area contributed by atoms with Crippen LogP contribution in [-0.4, -0.2) is 25.0 Å². The van der Waals surface area contributed by atoms with E-state index in [4.69, 9.17) is 22.2 Å². The zero-order valence-electron chi connectivity index (χ0n) is 13.3. The molecule has 0 aliphatic heterocycles. The van der Waals surface area contributed by atoms with Crippen molar-refractivity contribution in [1.29, 1.82) is 0 Å². The Morgan fingerprint density at radius 3 is 2.24 bits per heavy atom. The highest BCUT2D eigenvalue weighted by Crippen LogP contribution is 2.40. The fourth-order valence-electron chi connectivity index (χ4n) is 1.93. The lowest BCUT2D eigenvalue weighted by Crippen LogP contribution is -2.44. The summed E-state index contributed by atoms with van der Waals surface area (Å²) in [4.78, 5) is 13.0. The molecule has 9 heteroatoms. The molecule has 0 unspecified atom stereocenters. The van der Waals surface area contributed by atoms with Crippen molar-refractivity contribution in [2.45, 2.75) is 6.18 Å². The molecule has 0 bridgehead atoms. The molecule has 5 nitrogen and oxygen atoms in total. The summed E-state index contributed by atoms with van der Waals surface area (Å²) in [5.74, 6) is 5.37. The number of nitrogens with two attached hydrogens (primary N) is 1. The molecule has 134 valence electrons. The van der Waals surface area contributed by atoms with Crippen LogP contribution in [0.5, 0.6) is 11.5 Å². The molecule has 0 heterocycles. The second-order valence-electron chi connectivity index (χ2n) is 5.28. The maximum atomic E-state index is 13.4. The zero-order valence-corrected chi connectivity index (χ0v) is 14.1. The predicted octanol–water partition coefficient (Wildman–Crippen LogP) is 4.51. The van der Waals surface area contributed by atoms with Crippen molar-refractivity contribution in [3.8, 4) is 11.5 Å². The number of halogens is 4. The normalized spacial score (nSPS) is 11.2. The maximum absolute atomic E-state index is 13.4. The van der Waals surface area contributed by atoms with Gasteiger partial charge in [-0.15, -0.1) is 0 Å². The lowest BCUT2D eigenvalue weighted by molar-refractivity contribution is -0.138. The smallest absolute Gasteiger partial charge is 0.420 e. The molecular formula is C16H15ClF3N3O2. The van der Waals surface area contributed by atoms with E-state index in [-0.39, 0.29) is 11.4 Å². The number of carbonyl (C=O) groups excluding carboxylic acids is 1. The van der Waals surface area contributed by atoms with Crippen LogP contribution in [0.2, 0.25) is 5.02 Å². The Balaban J connectivity index is 2.40. The van der Waals surface area contributed by atoms with E-state index in [2.05, 4.69) is 0 Å². The van der Waals surface area contributed by atoms with Gasteiger partial charge in [-0.25, -0.2) is 15.6 Å². The summed E-state index contributed by atoms with van der Waals surface area (Å²) >= 11 is 5.74. The first-order valence-electron chi connectivity index (χ1n) is 7.00. The van der Waals surface area contributed by atoms with Crippen LogP contribution in [-0.2, 0) is 6.18 Å². The van der Waals surface area contributed by atoms with E-state index < -0.39 is 23.5 Å². The molecule has 2 rings (SSSR count). The molecule has 2 aromatic rings. The van der Waals surface area contributed by atoms with Crippen LogP contribution in [0.25, 0.3) is 0 Å². The summed E-state index contributed by atoms with van der Waals surface area (Å²) in [5, 5.41) is 1.06. The molecular weight excluding hydrogens is 359 g/mol. The van der Waals surface area contributed by atoms with Gasteiger partial charge in [0.15, 0.2) is 0 Å². The largest absolute Gasteiger partial charge is 0.457 e. The quantitative estimate of drug-likeness (QED) is 0.489. The summed E-state index contributed by atoms with van der Waals surface area (Å²) in [6.45, 7) is 0. The average molecular weight is 374 g/mol. The van der Waals surface area contributed by atoms with E-state index in [0.717, 1.165) is 17.0 Å². The van der Waals surface area contributed by atoms with Gasteiger partial charge < -0.3 is 9.64 Å². The van der Waals surface area contributed by atoms with Crippen molar-refractivity contribution in [2.75, 3.05) is 19.1 Å². The Hall–Kier alpha value is -2.45. The number of urea groups is 1. The number of rotatable bonds is 3. The molecule has 0 aliphatic carbocycles. The number of hydrazine groups is 1. The Bertz CT molecular complexity index is 764. The molecule has 0 saturated carbocycles. The predicted molar refractivity (Wildman–Crippen MR) is 88.7 cm³/mol. The Kier molecular flexibility index (Phi) is 5.44. The fraction of sp³-hybridized carbons (Fsp3) is 0.188. The number of alkyl halides is 3. The van der Waals surface area contributed by atoms with Gasteiger partial charge >= 0.3 is 12.2 Å². The standard InChI is InChI=1S/C16H15ClF3N3O2/c1-22(2)15(24)23(21)11-5-8-14(13(9-11)16(18,19)20)25-12-6-3-10(17)4-7-12/h3-9H,21H2,1-2H3. The van der Waals surface area contributed by atoms with Crippen LogP contribution >= 0.6 is 11.6 Å². The van der Waals surface area contributed by atoms with Crippen LogP contribution in [0.4, 0.5) is 23.7 Å². The number of hydrogen-bond acceptors (Lipinski definition) is 3. The van der Waals surface area contributed by atoms with Crippen LogP contribution < -0.4 is 15.6 Å². The summed E-state index contributed by atoms with van der Waals surface area (Å²) in [6.07, 6.45) is -4.69. The number of carbonyl (C=O) groups is 1. The van der Waals surface area contributed by atoms with Gasteiger partial charge in [0, 0.05) is 19.1 Å². The molecule has 25 heavy (non-hydrogen) atoms. The minimum absolute atomic E-state index is 0.116. The van der Waals surface area contributed by atoms with Crippen LogP contribution in [0.15, 0.2) is 42.5 Å². The van der Waals surface area contributed by atoms with Crippen LogP contribution in [0.1, 0.15) is 5.56 Å². The van der Waals surface area contributed by atoms with Gasteiger partial charge in [0.2, 0.25) is 0 Å². The van der Waals surface area contributed by atoms with Crippen LogP contribution in [0.3, 0.4) is 0 Å². The second-order valence-corrected chi connectivity index (χ2v) is 5.72. The number of anilines is 1. The highest BCUT2D eigenvalue weighted by atomic mass is 35.5. The zero-order chi connectivity index (χ0) is 18.8. The third kappa shape index (κ3) is 4.55. The number of benzene rings is 2. The third-order valence-corrected chi connectivity index (χ3v) is 3.43. The fourth-order valence-corrected chi connectivity index (χ4v) is 2.06. The lowest BCUT2D eigenvalue weighted by Gasteiger charge is -2.23. The van der Waals surface area contributed by atoms with E-state index in [1.807, 2.05) is 0 Å². The van der Waals surface area contributed by atoms with Gasteiger partial charge in [-0.3, -0.25) is 0 Å². The topological polar surface area (TPSA) is 58.8 Å². The third-order valence-electron chi connectivity index (χ3n) is 3.18.